The molecule has 1 fully saturated rings. The highest BCUT2D eigenvalue weighted by molar-refractivity contribution is 6.33. The lowest BCUT2D eigenvalue weighted by molar-refractivity contribution is 0.112. The van der Waals surface area contributed by atoms with Crippen LogP contribution >= 0.6 is 11.6 Å². The Morgan fingerprint density at radius 1 is 1.41 bits per heavy atom. The Labute approximate surface area is 105 Å². The van der Waals surface area contributed by atoms with Gasteiger partial charge in [0.05, 0.1) is 31.0 Å². The minimum Gasteiger partial charge on any atom is -0.495 e. The second kappa shape index (κ2) is 5.38. The highest BCUT2D eigenvalue weighted by Gasteiger charge is 2.17. The maximum absolute atomic E-state index is 10.8. The van der Waals surface area contributed by atoms with E-state index in [0.29, 0.717) is 29.5 Å². The molecule has 0 atom stereocenters. The Bertz CT molecular complexity index is 416. The number of carbonyl (C=O) groups is 1. The molecule has 17 heavy (non-hydrogen) atoms. The van der Waals surface area contributed by atoms with E-state index in [4.69, 9.17) is 21.1 Å². The van der Waals surface area contributed by atoms with Gasteiger partial charge in [0, 0.05) is 18.7 Å². The van der Waals surface area contributed by atoms with Gasteiger partial charge in [-0.3, -0.25) is 4.79 Å². The Morgan fingerprint density at radius 3 is 2.71 bits per heavy atom. The van der Waals surface area contributed by atoms with E-state index in [1.54, 1.807) is 19.2 Å². The van der Waals surface area contributed by atoms with Crippen LogP contribution in [0.3, 0.4) is 0 Å². The van der Waals surface area contributed by atoms with Crippen LogP contribution in [0.4, 0.5) is 5.69 Å². The first-order valence-electron chi connectivity index (χ1n) is 5.41. The fraction of sp³-hybridized carbons (Fsp3) is 0.417. The number of methoxy groups -OCH3 is 1. The molecule has 1 saturated heterocycles. The van der Waals surface area contributed by atoms with Crippen molar-refractivity contribution in [1.82, 2.24) is 0 Å². The Kier molecular flexibility index (Phi) is 3.86. The number of benzene rings is 1. The van der Waals surface area contributed by atoms with Crippen LogP contribution < -0.4 is 9.64 Å². The Balaban J connectivity index is 2.37. The van der Waals surface area contributed by atoms with Crippen molar-refractivity contribution in [2.24, 2.45) is 0 Å². The van der Waals surface area contributed by atoms with Crippen LogP contribution in [0.25, 0.3) is 0 Å². The van der Waals surface area contributed by atoms with E-state index in [-0.39, 0.29) is 0 Å². The van der Waals surface area contributed by atoms with Crippen LogP contribution in [-0.2, 0) is 4.74 Å². The quantitative estimate of drug-likeness (QED) is 0.775. The minimum absolute atomic E-state index is 0.445. The topological polar surface area (TPSA) is 38.8 Å². The zero-order valence-corrected chi connectivity index (χ0v) is 10.4. The lowest BCUT2D eigenvalue weighted by Gasteiger charge is -2.30. The third kappa shape index (κ3) is 2.53. The van der Waals surface area contributed by atoms with Gasteiger partial charge in [0.2, 0.25) is 0 Å². The summed E-state index contributed by atoms with van der Waals surface area (Å²) >= 11 is 6.03. The normalized spacial score (nSPS) is 15.8. The highest BCUT2D eigenvalue weighted by atomic mass is 35.5. The summed E-state index contributed by atoms with van der Waals surface area (Å²) in [5.41, 5.74) is 1.35. The number of rotatable bonds is 3. The molecular formula is C12H14ClNO3. The number of aldehydes is 1. The van der Waals surface area contributed by atoms with Crippen molar-refractivity contribution in [2.75, 3.05) is 38.3 Å². The number of carbonyl (C=O) groups excluding carboxylic acids is 1. The maximum Gasteiger partial charge on any atom is 0.151 e. The largest absolute Gasteiger partial charge is 0.495 e. The zero-order valence-electron chi connectivity index (χ0n) is 9.61. The molecule has 0 N–H and O–H groups in total. The standard InChI is InChI=1S/C12H14ClNO3/c1-16-12-6-9(8-15)10(13)7-11(12)14-2-4-17-5-3-14/h6-8H,2-5H2,1H3. The van der Waals surface area contributed by atoms with Gasteiger partial charge in [0.25, 0.3) is 0 Å². The molecule has 0 saturated carbocycles. The molecule has 5 heteroatoms. The molecule has 0 amide bonds. The monoisotopic (exact) mass is 255 g/mol. The van der Waals surface area contributed by atoms with Gasteiger partial charge in [0.1, 0.15) is 5.75 Å². The molecule has 0 aromatic heterocycles. The summed E-state index contributed by atoms with van der Waals surface area (Å²) in [6, 6.07) is 3.44. The first kappa shape index (κ1) is 12.2. The number of ether oxygens (including phenoxy) is 2. The lowest BCUT2D eigenvalue weighted by Crippen LogP contribution is -2.36. The van der Waals surface area contributed by atoms with E-state index in [1.165, 1.54) is 0 Å². The van der Waals surface area contributed by atoms with Gasteiger partial charge in [-0.05, 0) is 12.1 Å². The molecule has 0 radical (unpaired) electrons. The molecule has 1 aliphatic heterocycles. The highest BCUT2D eigenvalue weighted by Crippen LogP contribution is 2.33. The number of morpholine rings is 1. The molecular weight excluding hydrogens is 242 g/mol. The SMILES string of the molecule is COc1cc(C=O)c(Cl)cc1N1CCOCC1. The predicted octanol–water partition coefficient (Wildman–Crippen LogP) is 2.00. The van der Waals surface area contributed by atoms with Gasteiger partial charge >= 0.3 is 0 Å². The molecule has 0 spiro atoms. The van der Waals surface area contributed by atoms with Crippen molar-refractivity contribution in [1.29, 1.82) is 0 Å². The first-order valence-corrected chi connectivity index (χ1v) is 5.79. The Hall–Kier alpha value is -1.26. The second-order valence-corrected chi connectivity index (χ2v) is 4.17. The third-order valence-corrected chi connectivity index (χ3v) is 3.10. The molecule has 0 unspecified atom stereocenters. The van der Waals surface area contributed by atoms with E-state index in [2.05, 4.69) is 4.90 Å². The molecule has 0 bridgehead atoms. The molecule has 1 heterocycles. The van der Waals surface area contributed by atoms with Crippen molar-refractivity contribution in [3.8, 4) is 5.75 Å². The van der Waals surface area contributed by atoms with Crippen molar-refractivity contribution in [3.05, 3.63) is 22.7 Å². The van der Waals surface area contributed by atoms with E-state index >= 15 is 0 Å². The summed E-state index contributed by atoms with van der Waals surface area (Å²) in [6.07, 6.45) is 0.730. The van der Waals surface area contributed by atoms with E-state index in [0.717, 1.165) is 25.1 Å². The van der Waals surface area contributed by atoms with Crippen LogP contribution in [0.15, 0.2) is 12.1 Å². The molecule has 92 valence electrons. The summed E-state index contributed by atoms with van der Waals surface area (Å²) in [5.74, 6) is 0.665. The summed E-state index contributed by atoms with van der Waals surface area (Å²) in [6.45, 7) is 2.98. The first-order chi connectivity index (χ1) is 8.26. The van der Waals surface area contributed by atoms with Crippen LogP contribution in [0.1, 0.15) is 10.4 Å². The van der Waals surface area contributed by atoms with Gasteiger partial charge < -0.3 is 14.4 Å². The fourth-order valence-electron chi connectivity index (χ4n) is 1.86. The summed E-state index contributed by atoms with van der Waals surface area (Å²) < 4.78 is 10.6. The number of hydrogen-bond donors (Lipinski definition) is 0. The third-order valence-electron chi connectivity index (χ3n) is 2.78. The van der Waals surface area contributed by atoms with Crippen molar-refractivity contribution >= 4 is 23.6 Å². The second-order valence-electron chi connectivity index (χ2n) is 3.76. The summed E-state index contributed by atoms with van der Waals surface area (Å²) in [7, 11) is 1.59. The van der Waals surface area contributed by atoms with Crippen LogP contribution in [0, 0.1) is 0 Å². The van der Waals surface area contributed by atoms with Crippen molar-refractivity contribution in [3.63, 3.8) is 0 Å². The summed E-state index contributed by atoms with van der Waals surface area (Å²) in [5, 5.41) is 0.447. The molecule has 4 nitrogen and oxygen atoms in total. The maximum atomic E-state index is 10.8. The van der Waals surface area contributed by atoms with Crippen LogP contribution in [0.5, 0.6) is 5.75 Å². The van der Waals surface area contributed by atoms with Gasteiger partial charge in [-0.1, -0.05) is 11.6 Å². The number of nitrogens with zero attached hydrogens (tertiary/aromatic N) is 1. The van der Waals surface area contributed by atoms with Gasteiger partial charge in [-0.2, -0.15) is 0 Å². The van der Waals surface area contributed by atoms with E-state index in [9.17, 15) is 4.79 Å². The molecule has 1 aromatic carbocycles. The minimum atomic E-state index is 0.445. The number of anilines is 1. The lowest BCUT2D eigenvalue weighted by atomic mass is 10.1. The van der Waals surface area contributed by atoms with Crippen molar-refractivity contribution < 1.29 is 14.3 Å². The molecule has 2 rings (SSSR count). The predicted molar refractivity (Wildman–Crippen MR) is 66.4 cm³/mol. The average Bonchev–Trinajstić information content (AvgIpc) is 2.39. The smallest absolute Gasteiger partial charge is 0.151 e. The van der Waals surface area contributed by atoms with E-state index < -0.39 is 0 Å². The van der Waals surface area contributed by atoms with Crippen molar-refractivity contribution in [2.45, 2.75) is 0 Å². The average molecular weight is 256 g/mol. The summed E-state index contributed by atoms with van der Waals surface area (Å²) in [4.78, 5) is 13.0. The molecule has 1 aromatic rings. The van der Waals surface area contributed by atoms with Gasteiger partial charge in [0.15, 0.2) is 6.29 Å². The number of hydrogen-bond acceptors (Lipinski definition) is 4. The van der Waals surface area contributed by atoms with Crippen LogP contribution in [-0.4, -0.2) is 39.7 Å². The molecule has 1 aliphatic rings. The van der Waals surface area contributed by atoms with Gasteiger partial charge in [-0.15, -0.1) is 0 Å². The number of halogens is 1. The Morgan fingerprint density at radius 2 is 2.12 bits per heavy atom. The fourth-order valence-corrected chi connectivity index (χ4v) is 2.07. The van der Waals surface area contributed by atoms with Crippen LogP contribution in [0.2, 0.25) is 5.02 Å². The molecule has 0 aliphatic carbocycles. The zero-order chi connectivity index (χ0) is 12.3. The van der Waals surface area contributed by atoms with Gasteiger partial charge in [-0.25, -0.2) is 0 Å². The van der Waals surface area contributed by atoms with E-state index in [1.807, 2.05) is 0 Å².